The van der Waals surface area contributed by atoms with Crippen LogP contribution in [-0.2, 0) is 21.5 Å². The van der Waals surface area contributed by atoms with E-state index in [2.05, 4.69) is 0 Å². The van der Waals surface area contributed by atoms with Gasteiger partial charge >= 0.3 is 12.4 Å². The van der Waals surface area contributed by atoms with Crippen LogP contribution in [0.1, 0.15) is 11.1 Å². The Kier molecular flexibility index (Phi) is 13.1. The van der Waals surface area contributed by atoms with E-state index in [1.54, 1.807) is 0 Å². The molecular weight excluding hydrogens is 936 g/mol. The molecule has 0 spiro atoms. The van der Waals surface area contributed by atoms with Crippen LogP contribution in [0, 0.1) is 66.8 Å². The number of nitro benzene ring substituents is 2. The van der Waals surface area contributed by atoms with Gasteiger partial charge in [0.15, 0.2) is 60.8 Å². The van der Waals surface area contributed by atoms with Gasteiger partial charge in [-0.2, -0.15) is 26.3 Å². The Morgan fingerprint density at radius 1 is 0.422 bits per heavy atom. The van der Waals surface area contributed by atoms with Crippen LogP contribution in [0.25, 0.3) is 0 Å². The number of rotatable bonds is 8. The number of halogens is 14. The topological polar surface area (TPSA) is 172 Å². The van der Waals surface area contributed by atoms with Crippen LogP contribution in [0.5, 0.6) is 0 Å². The molecule has 0 aromatic heterocycles. The van der Waals surface area contributed by atoms with Gasteiger partial charge < -0.3 is 20.6 Å². The second-order valence-electron chi connectivity index (χ2n) is 12.9. The maximum Gasteiger partial charge on any atom is 0.422 e. The minimum Gasteiger partial charge on any atom is -0.399 e. The van der Waals surface area contributed by atoms with Crippen molar-refractivity contribution in [2.45, 2.75) is 12.4 Å². The van der Waals surface area contributed by atoms with Crippen molar-refractivity contribution in [2.24, 2.45) is 0 Å². The summed E-state index contributed by atoms with van der Waals surface area (Å²) in [6, 6.07) is 15.7. The molecule has 10 nitrogen and oxygen atoms in total. The first-order chi connectivity index (χ1) is 29.6. The zero-order valence-corrected chi connectivity index (χ0v) is 32.7. The SMILES string of the molecule is Nc1cccc(P(=O)(c2cccc(N)c2)c2c(F)c(F)c(C(F)(F)F)c(F)c2F)c1.O=[N+]([O-])c1cccc(P(=O)(c2cccc([N+](=O)[O-])c2)c2c(F)c(F)c(C(F)(F)F)c(F)c2F)c1. The van der Waals surface area contributed by atoms with E-state index in [0.29, 0.717) is 12.1 Å². The van der Waals surface area contributed by atoms with Gasteiger partial charge in [0.25, 0.3) is 11.4 Å². The minimum absolute atomic E-state index is 0.00898. The first-order valence-electron chi connectivity index (χ1n) is 16.9. The first-order valence-corrected chi connectivity index (χ1v) is 20.3. The molecule has 6 aromatic rings. The molecule has 64 heavy (non-hydrogen) atoms. The zero-order chi connectivity index (χ0) is 48.0. The Balaban J connectivity index is 0.000000243. The van der Waals surface area contributed by atoms with Gasteiger partial charge in [-0.3, -0.25) is 20.2 Å². The van der Waals surface area contributed by atoms with E-state index in [4.69, 9.17) is 11.5 Å². The Bertz CT molecular complexity index is 2820. The molecule has 0 aliphatic rings. The number of benzene rings is 6. The standard InChI is InChI=1S/C19H8F7N2O5P.C19H12F7N2OP/c20-14-13(19(24,25)26)15(21)17(23)18(16(14)22)34(33,11-5-1-3-9(7-11)27(29)30)12-6-2-4-10(8-12)28(31)32;20-14-13(19(24,25)26)15(21)17(23)18(16(14)22)30(29,11-5-1-3-9(27)7-11)12-6-2-4-10(28)8-12/h1-8H;1-8H,27-28H2. The molecule has 0 saturated carbocycles. The van der Waals surface area contributed by atoms with Crippen molar-refractivity contribution in [1.29, 1.82) is 0 Å². The van der Waals surface area contributed by atoms with Crippen LogP contribution in [0.15, 0.2) is 97.1 Å². The fraction of sp³-hybridized carbons (Fsp3) is 0.0526. The number of nitrogen functional groups attached to an aromatic ring is 2. The van der Waals surface area contributed by atoms with Gasteiger partial charge in [0.2, 0.25) is 0 Å². The maximum atomic E-state index is 14.9. The van der Waals surface area contributed by atoms with Gasteiger partial charge in [0.05, 0.1) is 20.5 Å². The lowest BCUT2D eigenvalue weighted by atomic mass is 10.1. The number of nitro groups is 2. The average Bonchev–Trinajstić information content (AvgIpc) is 3.21. The maximum absolute atomic E-state index is 14.9. The largest absolute Gasteiger partial charge is 0.422 e. The Morgan fingerprint density at radius 2 is 0.672 bits per heavy atom. The van der Waals surface area contributed by atoms with Gasteiger partial charge in [-0.25, -0.2) is 35.1 Å². The van der Waals surface area contributed by atoms with E-state index < -0.39 is 127 Å². The summed E-state index contributed by atoms with van der Waals surface area (Å²) in [5.41, 5.74) is 3.97. The molecule has 0 atom stereocenters. The highest BCUT2D eigenvalue weighted by atomic mass is 31.2. The molecule has 0 heterocycles. The van der Waals surface area contributed by atoms with Gasteiger partial charge in [-0.15, -0.1) is 0 Å². The van der Waals surface area contributed by atoms with Crippen molar-refractivity contribution < 1.29 is 80.4 Å². The van der Waals surface area contributed by atoms with Crippen LogP contribution >= 0.6 is 14.3 Å². The predicted molar refractivity (Wildman–Crippen MR) is 203 cm³/mol. The number of alkyl halides is 6. The molecule has 336 valence electrons. The summed E-state index contributed by atoms with van der Waals surface area (Å²) in [6.45, 7) is 0. The highest BCUT2D eigenvalue weighted by molar-refractivity contribution is 7.85. The first kappa shape index (κ1) is 48.2. The van der Waals surface area contributed by atoms with Crippen LogP contribution < -0.4 is 43.3 Å². The van der Waals surface area contributed by atoms with Crippen molar-refractivity contribution >= 4 is 68.9 Å². The van der Waals surface area contributed by atoms with Crippen molar-refractivity contribution in [2.75, 3.05) is 11.5 Å². The average molecular weight is 957 g/mol. The summed E-state index contributed by atoms with van der Waals surface area (Å²) in [6.07, 6.45) is -11.6. The summed E-state index contributed by atoms with van der Waals surface area (Å²) in [7, 11) is -10.1. The van der Waals surface area contributed by atoms with Gasteiger partial charge in [0, 0.05) is 56.9 Å². The summed E-state index contributed by atoms with van der Waals surface area (Å²) >= 11 is 0. The lowest BCUT2D eigenvalue weighted by Gasteiger charge is -2.23. The number of hydrogen-bond donors (Lipinski definition) is 2. The van der Waals surface area contributed by atoms with E-state index in [1.807, 2.05) is 0 Å². The molecule has 26 heteroatoms. The van der Waals surface area contributed by atoms with Gasteiger partial charge in [0.1, 0.15) is 11.1 Å². The Labute approximate surface area is 347 Å². The van der Waals surface area contributed by atoms with Crippen molar-refractivity contribution in [3.8, 4) is 0 Å². The van der Waals surface area contributed by atoms with Crippen LogP contribution in [-0.4, -0.2) is 9.85 Å². The highest BCUT2D eigenvalue weighted by Gasteiger charge is 2.48. The fourth-order valence-electron chi connectivity index (χ4n) is 6.15. The van der Waals surface area contributed by atoms with E-state index in [0.717, 1.165) is 60.7 Å². The number of nitrogens with zero attached hydrogens (tertiary/aromatic N) is 2. The summed E-state index contributed by atoms with van der Waals surface area (Å²) in [5.74, 6) is -21.4. The normalized spacial score (nSPS) is 12.1. The monoisotopic (exact) mass is 956 g/mol. The molecule has 0 aliphatic heterocycles. The van der Waals surface area contributed by atoms with Crippen LogP contribution in [0.4, 0.5) is 84.2 Å². The lowest BCUT2D eigenvalue weighted by molar-refractivity contribution is -0.384. The molecular formula is C38H20F14N4O6P2. The number of anilines is 2. The summed E-state index contributed by atoms with van der Waals surface area (Å²) < 4.78 is 222. The lowest BCUT2D eigenvalue weighted by Crippen LogP contribution is -2.33. The molecule has 0 bridgehead atoms. The van der Waals surface area contributed by atoms with E-state index >= 15 is 0 Å². The second-order valence-corrected chi connectivity index (χ2v) is 18.3. The van der Waals surface area contributed by atoms with Crippen LogP contribution in [0.2, 0.25) is 0 Å². The fourth-order valence-corrected chi connectivity index (χ4v) is 11.8. The number of non-ortho nitro benzene ring substituents is 2. The molecule has 4 N–H and O–H groups in total. The van der Waals surface area contributed by atoms with Gasteiger partial charge in [-0.1, -0.05) is 48.5 Å². The van der Waals surface area contributed by atoms with Crippen molar-refractivity contribution in [3.63, 3.8) is 0 Å². The number of hydrogen-bond acceptors (Lipinski definition) is 8. The zero-order valence-electron chi connectivity index (χ0n) is 30.9. The van der Waals surface area contributed by atoms with E-state index in [-0.39, 0.29) is 22.0 Å². The van der Waals surface area contributed by atoms with Crippen LogP contribution in [0.3, 0.4) is 0 Å². The predicted octanol–water partition coefficient (Wildman–Crippen LogP) is 8.78. The van der Waals surface area contributed by atoms with E-state index in [1.165, 1.54) is 24.3 Å². The quantitative estimate of drug-likeness (QED) is 0.0381. The molecule has 0 aliphatic carbocycles. The molecule has 0 unspecified atom stereocenters. The molecule has 0 amide bonds. The Hall–Kier alpha value is -6.80. The highest BCUT2D eigenvalue weighted by Crippen LogP contribution is 2.49. The summed E-state index contributed by atoms with van der Waals surface area (Å²) in [4.78, 5) is 20.2. The van der Waals surface area contributed by atoms with Crippen molar-refractivity contribution in [3.05, 3.63) is 175 Å². The molecule has 0 saturated heterocycles. The number of nitrogens with two attached hydrogens (primary N) is 2. The molecule has 6 aromatic carbocycles. The molecule has 0 fully saturated rings. The third kappa shape index (κ3) is 8.61. The Morgan fingerprint density at radius 3 is 0.906 bits per heavy atom. The minimum atomic E-state index is -5.88. The van der Waals surface area contributed by atoms with Crippen molar-refractivity contribution in [1.82, 2.24) is 0 Å². The van der Waals surface area contributed by atoms with E-state index in [9.17, 15) is 90.8 Å². The molecule has 0 radical (unpaired) electrons. The third-order valence-corrected chi connectivity index (χ3v) is 15.0. The summed E-state index contributed by atoms with van der Waals surface area (Å²) in [5, 5.41) is 16.2. The molecule has 6 rings (SSSR count). The van der Waals surface area contributed by atoms with Gasteiger partial charge in [-0.05, 0) is 24.3 Å². The second kappa shape index (κ2) is 17.4. The smallest absolute Gasteiger partial charge is 0.399 e. The third-order valence-electron chi connectivity index (χ3n) is 8.95.